The summed E-state index contributed by atoms with van der Waals surface area (Å²) in [4.78, 5) is 38.0. The van der Waals surface area contributed by atoms with E-state index in [9.17, 15) is 14.4 Å². The van der Waals surface area contributed by atoms with Crippen molar-refractivity contribution >= 4 is 17.9 Å². The van der Waals surface area contributed by atoms with Crippen molar-refractivity contribution in [2.75, 3.05) is 13.2 Å². The molecule has 0 aromatic heterocycles. The molecule has 0 aliphatic carbocycles. The lowest BCUT2D eigenvalue weighted by Crippen LogP contribution is -2.30. The molecule has 370 valence electrons. The first-order chi connectivity index (χ1) is 31.0. The zero-order valence-electron chi connectivity index (χ0n) is 42.4. The molecule has 0 bridgehead atoms. The van der Waals surface area contributed by atoms with E-state index in [4.69, 9.17) is 14.2 Å². The van der Waals surface area contributed by atoms with Gasteiger partial charge >= 0.3 is 17.9 Å². The van der Waals surface area contributed by atoms with Gasteiger partial charge < -0.3 is 14.2 Å². The molecule has 0 rings (SSSR count). The van der Waals surface area contributed by atoms with Gasteiger partial charge in [0.1, 0.15) is 13.2 Å². The first kappa shape index (κ1) is 60.9. The molecule has 0 heterocycles. The summed E-state index contributed by atoms with van der Waals surface area (Å²) in [5.74, 6) is -0.875. The van der Waals surface area contributed by atoms with Crippen molar-refractivity contribution in [1.82, 2.24) is 0 Å². The SMILES string of the molecule is CCCCCCCCC/C=C\CCCCCCCC(=O)OC(COC(=O)CCCCCCC/C=C\CCCCCCCCCCC)COC(=O)CCCCCCCCCCCCC. The highest BCUT2D eigenvalue weighted by Gasteiger charge is 2.19. The number of carbonyl (C=O) groups is 3. The Kier molecular flexibility index (Phi) is 50.8. The maximum Gasteiger partial charge on any atom is 0.306 e. The van der Waals surface area contributed by atoms with Gasteiger partial charge in [-0.25, -0.2) is 0 Å². The Morgan fingerprint density at radius 1 is 0.302 bits per heavy atom. The molecule has 6 nitrogen and oxygen atoms in total. The largest absolute Gasteiger partial charge is 0.462 e. The van der Waals surface area contributed by atoms with Crippen LogP contribution in [0.25, 0.3) is 0 Å². The second-order valence-corrected chi connectivity index (χ2v) is 18.8. The average molecular weight is 887 g/mol. The van der Waals surface area contributed by atoms with Crippen LogP contribution in [0.15, 0.2) is 24.3 Å². The summed E-state index contributed by atoms with van der Waals surface area (Å²) < 4.78 is 16.8. The Labute approximate surface area is 392 Å². The summed E-state index contributed by atoms with van der Waals surface area (Å²) in [6.45, 7) is 6.65. The van der Waals surface area contributed by atoms with Crippen molar-refractivity contribution in [3.8, 4) is 0 Å². The van der Waals surface area contributed by atoms with Gasteiger partial charge in [0, 0.05) is 19.3 Å². The highest BCUT2D eigenvalue weighted by molar-refractivity contribution is 5.71. The highest BCUT2D eigenvalue weighted by atomic mass is 16.6. The van der Waals surface area contributed by atoms with Gasteiger partial charge in [0.05, 0.1) is 0 Å². The molecule has 0 saturated carbocycles. The number of hydrogen-bond donors (Lipinski definition) is 0. The standard InChI is InChI=1S/C57H106O6/c1-4-7-10-13-16-19-22-24-26-28-29-31-32-35-38-41-44-47-50-56(59)62-53-54(52-61-55(58)49-46-43-40-37-34-21-18-15-12-9-6-3)63-57(60)51-48-45-42-39-36-33-30-27-25-23-20-17-14-11-8-5-2/h27,29-31,54H,4-26,28,32-53H2,1-3H3/b30-27-,31-29-. The number of rotatable bonds is 51. The molecule has 1 atom stereocenters. The molecule has 0 radical (unpaired) electrons. The third-order valence-corrected chi connectivity index (χ3v) is 12.4. The molecular weight excluding hydrogens is 781 g/mol. The predicted molar refractivity (Wildman–Crippen MR) is 270 cm³/mol. The molecular formula is C57H106O6. The van der Waals surface area contributed by atoms with E-state index in [0.29, 0.717) is 19.3 Å². The summed E-state index contributed by atoms with van der Waals surface area (Å²) in [7, 11) is 0. The first-order valence-electron chi connectivity index (χ1n) is 27.8. The Morgan fingerprint density at radius 2 is 0.524 bits per heavy atom. The molecule has 0 spiro atoms. The van der Waals surface area contributed by atoms with E-state index in [0.717, 1.165) is 70.6 Å². The predicted octanol–water partition coefficient (Wildman–Crippen LogP) is 18.3. The first-order valence-corrected chi connectivity index (χ1v) is 27.8. The van der Waals surface area contributed by atoms with Crippen LogP contribution in [0.2, 0.25) is 0 Å². The third kappa shape index (κ3) is 50.7. The van der Waals surface area contributed by atoms with Crippen LogP contribution in [0, 0.1) is 0 Å². The average Bonchev–Trinajstić information content (AvgIpc) is 3.28. The number of allylic oxidation sites excluding steroid dienone is 4. The maximum absolute atomic E-state index is 12.8. The van der Waals surface area contributed by atoms with Crippen LogP contribution in [0.5, 0.6) is 0 Å². The molecule has 6 heteroatoms. The Hall–Kier alpha value is -2.11. The molecule has 0 aromatic carbocycles. The molecule has 0 aromatic rings. The molecule has 0 amide bonds. The van der Waals surface area contributed by atoms with Crippen molar-refractivity contribution in [3.63, 3.8) is 0 Å². The Balaban J connectivity index is 4.33. The van der Waals surface area contributed by atoms with Crippen molar-refractivity contribution in [3.05, 3.63) is 24.3 Å². The van der Waals surface area contributed by atoms with E-state index in [1.807, 2.05) is 0 Å². The summed E-state index contributed by atoms with van der Waals surface area (Å²) in [6, 6.07) is 0. The third-order valence-electron chi connectivity index (χ3n) is 12.4. The fourth-order valence-corrected chi connectivity index (χ4v) is 8.20. The number of carbonyl (C=O) groups excluding carboxylic acids is 3. The van der Waals surface area contributed by atoms with Gasteiger partial charge in [-0.1, -0.05) is 238 Å². The van der Waals surface area contributed by atoms with E-state index < -0.39 is 6.10 Å². The second-order valence-electron chi connectivity index (χ2n) is 18.8. The Morgan fingerprint density at radius 3 is 0.794 bits per heavy atom. The number of esters is 3. The van der Waals surface area contributed by atoms with Crippen molar-refractivity contribution in [2.24, 2.45) is 0 Å². The van der Waals surface area contributed by atoms with Gasteiger partial charge in [-0.3, -0.25) is 14.4 Å². The van der Waals surface area contributed by atoms with Crippen LogP contribution in [-0.2, 0) is 28.6 Å². The number of ether oxygens (including phenoxy) is 3. The van der Waals surface area contributed by atoms with E-state index in [1.165, 1.54) is 193 Å². The van der Waals surface area contributed by atoms with E-state index >= 15 is 0 Å². The fourth-order valence-electron chi connectivity index (χ4n) is 8.20. The molecule has 63 heavy (non-hydrogen) atoms. The smallest absolute Gasteiger partial charge is 0.306 e. The summed E-state index contributed by atoms with van der Waals surface area (Å²) in [6.07, 6.45) is 60.2. The fraction of sp³-hybridized carbons (Fsp3) is 0.877. The molecule has 0 N–H and O–H groups in total. The van der Waals surface area contributed by atoms with Crippen LogP contribution in [0.1, 0.15) is 303 Å². The van der Waals surface area contributed by atoms with Gasteiger partial charge in [0.15, 0.2) is 6.10 Å². The quantitative estimate of drug-likeness (QED) is 0.0262. The van der Waals surface area contributed by atoms with E-state index in [1.54, 1.807) is 0 Å². The highest BCUT2D eigenvalue weighted by Crippen LogP contribution is 2.16. The molecule has 0 aliphatic heterocycles. The van der Waals surface area contributed by atoms with E-state index in [-0.39, 0.29) is 31.1 Å². The van der Waals surface area contributed by atoms with Gasteiger partial charge in [-0.15, -0.1) is 0 Å². The van der Waals surface area contributed by atoms with Gasteiger partial charge in [0.2, 0.25) is 0 Å². The monoisotopic (exact) mass is 887 g/mol. The minimum absolute atomic E-state index is 0.0734. The summed E-state index contributed by atoms with van der Waals surface area (Å²) in [5, 5.41) is 0. The van der Waals surface area contributed by atoms with Crippen LogP contribution >= 0.6 is 0 Å². The second kappa shape index (κ2) is 52.5. The van der Waals surface area contributed by atoms with Gasteiger partial charge in [-0.2, -0.15) is 0 Å². The van der Waals surface area contributed by atoms with E-state index in [2.05, 4.69) is 45.1 Å². The lowest BCUT2D eigenvalue weighted by Gasteiger charge is -2.18. The summed E-state index contributed by atoms with van der Waals surface area (Å²) in [5.41, 5.74) is 0. The number of unbranched alkanes of at least 4 members (excludes halogenated alkanes) is 36. The zero-order chi connectivity index (χ0) is 45.8. The van der Waals surface area contributed by atoms with Crippen molar-refractivity contribution in [1.29, 1.82) is 0 Å². The van der Waals surface area contributed by atoms with Crippen LogP contribution in [0.4, 0.5) is 0 Å². The molecule has 0 saturated heterocycles. The minimum atomic E-state index is -0.774. The van der Waals surface area contributed by atoms with Gasteiger partial charge in [-0.05, 0) is 70.6 Å². The molecule has 1 unspecified atom stereocenters. The minimum Gasteiger partial charge on any atom is -0.462 e. The molecule has 0 fully saturated rings. The summed E-state index contributed by atoms with van der Waals surface area (Å²) >= 11 is 0. The lowest BCUT2D eigenvalue weighted by atomic mass is 10.1. The van der Waals surface area contributed by atoms with Gasteiger partial charge in [0.25, 0.3) is 0 Å². The maximum atomic E-state index is 12.8. The molecule has 0 aliphatic rings. The van der Waals surface area contributed by atoms with Crippen LogP contribution in [-0.4, -0.2) is 37.2 Å². The lowest BCUT2D eigenvalue weighted by molar-refractivity contribution is -0.167. The van der Waals surface area contributed by atoms with Crippen LogP contribution < -0.4 is 0 Å². The van der Waals surface area contributed by atoms with Crippen molar-refractivity contribution < 1.29 is 28.6 Å². The van der Waals surface area contributed by atoms with Crippen molar-refractivity contribution in [2.45, 2.75) is 309 Å². The van der Waals surface area contributed by atoms with Crippen LogP contribution in [0.3, 0.4) is 0 Å². The number of hydrogen-bond acceptors (Lipinski definition) is 6. The topological polar surface area (TPSA) is 78.9 Å². The zero-order valence-corrected chi connectivity index (χ0v) is 42.4. The normalized spacial score (nSPS) is 12.1. The Bertz CT molecular complexity index is 1020.